The molecule has 0 aromatic heterocycles. The number of ether oxygens (including phenoxy) is 1. The summed E-state index contributed by atoms with van der Waals surface area (Å²) in [6, 6.07) is 6.63. The lowest BCUT2D eigenvalue weighted by Crippen LogP contribution is -2.44. The molecule has 1 amide bonds. The molecule has 25 heavy (non-hydrogen) atoms. The van der Waals surface area contributed by atoms with E-state index in [-0.39, 0.29) is 22.8 Å². The first-order valence-corrected chi connectivity index (χ1v) is 10.4. The van der Waals surface area contributed by atoms with Crippen LogP contribution in [0, 0.1) is 5.92 Å². The van der Waals surface area contributed by atoms with Crippen molar-refractivity contribution < 1.29 is 17.9 Å². The van der Waals surface area contributed by atoms with Gasteiger partial charge in [-0.15, -0.1) is 0 Å². The van der Waals surface area contributed by atoms with E-state index in [1.807, 2.05) is 20.8 Å². The topological polar surface area (TPSA) is 75.7 Å². The largest absolute Gasteiger partial charge is 0.494 e. The molecule has 7 heteroatoms. The van der Waals surface area contributed by atoms with Crippen LogP contribution in [0.15, 0.2) is 29.2 Å². The number of piperidine rings is 1. The maximum absolute atomic E-state index is 12.7. The predicted molar refractivity (Wildman–Crippen MR) is 97.0 cm³/mol. The average Bonchev–Trinajstić information content (AvgIpc) is 2.62. The van der Waals surface area contributed by atoms with E-state index in [0.29, 0.717) is 38.3 Å². The highest BCUT2D eigenvalue weighted by Crippen LogP contribution is 2.25. The van der Waals surface area contributed by atoms with Crippen molar-refractivity contribution in [3.8, 4) is 5.75 Å². The van der Waals surface area contributed by atoms with Crippen molar-refractivity contribution >= 4 is 15.9 Å². The summed E-state index contributed by atoms with van der Waals surface area (Å²) in [5.41, 5.74) is 0. The van der Waals surface area contributed by atoms with E-state index in [1.165, 1.54) is 4.31 Å². The van der Waals surface area contributed by atoms with Crippen LogP contribution in [0.5, 0.6) is 5.75 Å². The van der Waals surface area contributed by atoms with Gasteiger partial charge in [-0.25, -0.2) is 8.42 Å². The van der Waals surface area contributed by atoms with E-state index in [1.54, 1.807) is 24.3 Å². The van der Waals surface area contributed by atoms with Crippen LogP contribution < -0.4 is 10.1 Å². The minimum Gasteiger partial charge on any atom is -0.494 e. The molecule has 1 heterocycles. The summed E-state index contributed by atoms with van der Waals surface area (Å²) in [4.78, 5) is 12.5. The summed E-state index contributed by atoms with van der Waals surface area (Å²) in [5, 5.41) is 2.98. The molecule has 1 saturated heterocycles. The third-order valence-electron chi connectivity index (χ3n) is 4.60. The van der Waals surface area contributed by atoms with Gasteiger partial charge in [0.2, 0.25) is 15.9 Å². The number of benzene rings is 1. The van der Waals surface area contributed by atoms with Crippen molar-refractivity contribution in [2.75, 3.05) is 19.7 Å². The fourth-order valence-corrected chi connectivity index (χ4v) is 4.31. The van der Waals surface area contributed by atoms with Crippen LogP contribution in [0.25, 0.3) is 0 Å². The molecule has 0 bridgehead atoms. The lowest BCUT2D eigenvalue weighted by atomic mass is 9.97. The zero-order valence-electron chi connectivity index (χ0n) is 15.2. The summed E-state index contributed by atoms with van der Waals surface area (Å²) in [5.74, 6) is 0.579. The minimum atomic E-state index is -3.52. The Kier molecular flexibility index (Phi) is 6.84. The van der Waals surface area contributed by atoms with Crippen LogP contribution in [0.1, 0.15) is 40.0 Å². The van der Waals surface area contributed by atoms with Gasteiger partial charge in [-0.2, -0.15) is 4.31 Å². The Bertz CT molecular complexity index is 665. The Morgan fingerprint density at radius 2 is 1.84 bits per heavy atom. The van der Waals surface area contributed by atoms with Gasteiger partial charge in [0.25, 0.3) is 0 Å². The Morgan fingerprint density at radius 3 is 2.36 bits per heavy atom. The number of nitrogens with zero attached hydrogens (tertiary/aromatic N) is 1. The molecule has 1 aromatic carbocycles. The molecule has 0 spiro atoms. The minimum absolute atomic E-state index is 0.0347. The zero-order valence-corrected chi connectivity index (χ0v) is 16.0. The fourth-order valence-electron chi connectivity index (χ4n) is 2.84. The molecule has 1 fully saturated rings. The molecule has 0 radical (unpaired) electrons. The molecule has 6 nitrogen and oxygen atoms in total. The molecule has 1 aliphatic rings. The molecule has 1 atom stereocenters. The Balaban J connectivity index is 1.97. The zero-order chi connectivity index (χ0) is 18.4. The summed E-state index contributed by atoms with van der Waals surface area (Å²) in [6.45, 7) is 7.16. The lowest BCUT2D eigenvalue weighted by molar-refractivity contribution is -0.126. The highest BCUT2D eigenvalue weighted by atomic mass is 32.2. The Hall–Kier alpha value is -1.60. The smallest absolute Gasteiger partial charge is 0.243 e. The van der Waals surface area contributed by atoms with Crippen LogP contribution >= 0.6 is 0 Å². The highest BCUT2D eigenvalue weighted by Gasteiger charge is 2.32. The number of nitrogens with one attached hydrogen (secondary N) is 1. The van der Waals surface area contributed by atoms with Gasteiger partial charge in [0.15, 0.2) is 0 Å². The first-order valence-electron chi connectivity index (χ1n) is 8.91. The van der Waals surface area contributed by atoms with E-state index in [2.05, 4.69) is 5.32 Å². The summed E-state index contributed by atoms with van der Waals surface area (Å²) in [7, 11) is -3.52. The van der Waals surface area contributed by atoms with Gasteiger partial charge in [0.05, 0.1) is 11.5 Å². The van der Waals surface area contributed by atoms with Crippen molar-refractivity contribution in [1.82, 2.24) is 9.62 Å². The Labute approximate surface area is 150 Å². The predicted octanol–water partition coefficient (Wildman–Crippen LogP) is 2.40. The highest BCUT2D eigenvalue weighted by molar-refractivity contribution is 7.89. The quantitative estimate of drug-likeness (QED) is 0.802. The van der Waals surface area contributed by atoms with Crippen molar-refractivity contribution in [2.24, 2.45) is 5.92 Å². The Morgan fingerprint density at radius 1 is 1.24 bits per heavy atom. The van der Waals surface area contributed by atoms with Crippen molar-refractivity contribution in [3.05, 3.63) is 24.3 Å². The standard InChI is InChI=1S/C18H28N2O4S/c1-4-14(3)19-18(21)15-10-12-20(13-11-15)25(22,23)17-8-6-16(7-9-17)24-5-2/h6-9,14-15H,4-5,10-13H2,1-3H3,(H,19,21)/t14-/m1/s1. The monoisotopic (exact) mass is 368 g/mol. The van der Waals surface area contributed by atoms with Crippen LogP contribution in [-0.2, 0) is 14.8 Å². The molecule has 1 aliphatic heterocycles. The van der Waals surface area contributed by atoms with E-state index in [9.17, 15) is 13.2 Å². The number of amides is 1. The molecular weight excluding hydrogens is 340 g/mol. The number of carbonyl (C=O) groups is 1. The van der Waals surface area contributed by atoms with Gasteiger partial charge in [-0.05, 0) is 57.4 Å². The van der Waals surface area contributed by atoms with E-state index in [4.69, 9.17) is 4.74 Å². The van der Waals surface area contributed by atoms with Crippen molar-refractivity contribution in [2.45, 2.75) is 51.0 Å². The van der Waals surface area contributed by atoms with Gasteiger partial charge in [0, 0.05) is 25.0 Å². The van der Waals surface area contributed by atoms with Gasteiger partial charge < -0.3 is 10.1 Å². The van der Waals surface area contributed by atoms with Crippen LogP contribution in [0.4, 0.5) is 0 Å². The first kappa shape index (κ1) is 19.7. The molecule has 0 saturated carbocycles. The van der Waals surface area contributed by atoms with E-state index in [0.717, 1.165) is 6.42 Å². The van der Waals surface area contributed by atoms with Gasteiger partial charge in [0.1, 0.15) is 5.75 Å². The molecule has 0 aliphatic carbocycles. The molecule has 1 N–H and O–H groups in total. The lowest BCUT2D eigenvalue weighted by Gasteiger charge is -2.31. The maximum atomic E-state index is 12.7. The molecule has 0 unspecified atom stereocenters. The average molecular weight is 368 g/mol. The van der Waals surface area contributed by atoms with E-state index >= 15 is 0 Å². The summed E-state index contributed by atoms with van der Waals surface area (Å²) >= 11 is 0. The normalized spacial score (nSPS) is 17.9. The number of hydrogen-bond donors (Lipinski definition) is 1. The van der Waals surface area contributed by atoms with Crippen molar-refractivity contribution in [1.29, 1.82) is 0 Å². The third kappa shape index (κ3) is 4.95. The van der Waals surface area contributed by atoms with Crippen molar-refractivity contribution in [3.63, 3.8) is 0 Å². The van der Waals surface area contributed by atoms with Crippen LogP contribution in [0.3, 0.4) is 0 Å². The molecule has 140 valence electrons. The molecular formula is C18H28N2O4S. The second-order valence-corrected chi connectivity index (χ2v) is 8.34. The maximum Gasteiger partial charge on any atom is 0.243 e. The first-order chi connectivity index (χ1) is 11.9. The van der Waals surface area contributed by atoms with Crippen LogP contribution in [-0.4, -0.2) is 44.4 Å². The third-order valence-corrected chi connectivity index (χ3v) is 6.51. The SMILES string of the molecule is CCOc1ccc(S(=O)(=O)N2CCC(C(=O)N[C@H](C)CC)CC2)cc1. The summed E-state index contributed by atoms with van der Waals surface area (Å²) in [6.07, 6.45) is 1.99. The van der Waals surface area contributed by atoms with Gasteiger partial charge >= 0.3 is 0 Å². The molecule has 1 aromatic rings. The van der Waals surface area contributed by atoms with E-state index < -0.39 is 10.0 Å². The number of sulfonamides is 1. The summed E-state index contributed by atoms with van der Waals surface area (Å²) < 4.78 is 32.3. The second-order valence-electron chi connectivity index (χ2n) is 6.40. The van der Waals surface area contributed by atoms with Gasteiger partial charge in [-0.3, -0.25) is 4.79 Å². The van der Waals surface area contributed by atoms with Crippen LogP contribution in [0.2, 0.25) is 0 Å². The number of rotatable bonds is 7. The number of hydrogen-bond acceptors (Lipinski definition) is 4. The number of carbonyl (C=O) groups excluding carboxylic acids is 1. The second kappa shape index (κ2) is 8.67. The fraction of sp³-hybridized carbons (Fsp3) is 0.611. The molecule has 2 rings (SSSR count). The van der Waals surface area contributed by atoms with Gasteiger partial charge in [-0.1, -0.05) is 6.92 Å².